The van der Waals surface area contributed by atoms with Crippen LogP contribution in [0.15, 0.2) is 23.2 Å². The molecule has 1 saturated heterocycles. The van der Waals surface area contributed by atoms with Crippen molar-refractivity contribution in [3.63, 3.8) is 0 Å². The fraction of sp³-hybridized carbons (Fsp3) is 0.632. The van der Waals surface area contributed by atoms with Gasteiger partial charge < -0.3 is 15.5 Å². The predicted octanol–water partition coefficient (Wildman–Crippen LogP) is 2.70. The van der Waals surface area contributed by atoms with Crippen molar-refractivity contribution in [3.8, 4) is 0 Å². The monoisotopic (exact) mass is 316 g/mol. The molecule has 4 heteroatoms. The Hall–Kier alpha value is -1.55. The van der Waals surface area contributed by atoms with E-state index in [2.05, 4.69) is 61.4 Å². The second kappa shape index (κ2) is 8.92. The summed E-state index contributed by atoms with van der Waals surface area (Å²) in [5, 5.41) is 6.88. The van der Waals surface area contributed by atoms with Gasteiger partial charge in [-0.15, -0.1) is 0 Å². The van der Waals surface area contributed by atoms with Crippen LogP contribution in [0.5, 0.6) is 0 Å². The Morgan fingerprint density at radius 3 is 2.74 bits per heavy atom. The standard InChI is InChI=1S/C19H32N4/c1-5-20-19(21-12-17-9-10-23(6-2)14-17)22-13-18-8-7-15(3)11-16(18)4/h7-8,11,17H,5-6,9-10,12-14H2,1-4H3,(H2,20,21,22). The first-order chi connectivity index (χ1) is 11.1. The summed E-state index contributed by atoms with van der Waals surface area (Å²) in [5.74, 6) is 1.67. The third-order valence-corrected chi connectivity index (χ3v) is 4.63. The number of likely N-dealkylation sites (tertiary alicyclic amines) is 1. The number of hydrogen-bond donors (Lipinski definition) is 2. The summed E-state index contributed by atoms with van der Waals surface area (Å²) in [5.41, 5.74) is 3.92. The minimum atomic E-state index is 0.729. The molecule has 1 aliphatic heterocycles. The molecule has 2 N–H and O–H groups in total. The van der Waals surface area contributed by atoms with Crippen molar-refractivity contribution in [2.75, 3.05) is 32.7 Å². The Bertz CT molecular complexity index is 524. The summed E-state index contributed by atoms with van der Waals surface area (Å²) in [7, 11) is 0. The van der Waals surface area contributed by atoms with Gasteiger partial charge in [-0.05, 0) is 57.3 Å². The quantitative estimate of drug-likeness (QED) is 0.626. The molecule has 1 fully saturated rings. The summed E-state index contributed by atoms with van der Waals surface area (Å²) in [6, 6.07) is 6.58. The SMILES string of the molecule is CCNC(=NCc1ccc(C)cc1C)NCC1CCN(CC)C1. The van der Waals surface area contributed by atoms with E-state index in [1.807, 2.05) is 0 Å². The smallest absolute Gasteiger partial charge is 0.191 e. The highest BCUT2D eigenvalue weighted by atomic mass is 15.2. The zero-order chi connectivity index (χ0) is 16.7. The molecule has 1 atom stereocenters. The van der Waals surface area contributed by atoms with Gasteiger partial charge in [0.15, 0.2) is 5.96 Å². The van der Waals surface area contributed by atoms with Crippen molar-refractivity contribution >= 4 is 5.96 Å². The van der Waals surface area contributed by atoms with Gasteiger partial charge in [-0.3, -0.25) is 0 Å². The van der Waals surface area contributed by atoms with E-state index >= 15 is 0 Å². The molecular formula is C19H32N4. The number of hydrogen-bond acceptors (Lipinski definition) is 2. The Morgan fingerprint density at radius 1 is 1.26 bits per heavy atom. The summed E-state index contributed by atoms with van der Waals surface area (Å²) in [6.07, 6.45) is 1.29. The summed E-state index contributed by atoms with van der Waals surface area (Å²) < 4.78 is 0. The molecule has 4 nitrogen and oxygen atoms in total. The zero-order valence-electron chi connectivity index (χ0n) is 15.2. The summed E-state index contributed by atoms with van der Waals surface area (Å²) >= 11 is 0. The lowest BCUT2D eigenvalue weighted by molar-refractivity contribution is 0.342. The zero-order valence-corrected chi connectivity index (χ0v) is 15.2. The van der Waals surface area contributed by atoms with Crippen molar-refractivity contribution < 1.29 is 0 Å². The number of nitrogens with zero attached hydrogens (tertiary/aromatic N) is 2. The highest BCUT2D eigenvalue weighted by molar-refractivity contribution is 5.79. The largest absolute Gasteiger partial charge is 0.357 e. The summed E-state index contributed by atoms with van der Waals surface area (Å²) in [6.45, 7) is 14.9. The predicted molar refractivity (Wildman–Crippen MR) is 99.0 cm³/mol. The van der Waals surface area contributed by atoms with Gasteiger partial charge in [0.1, 0.15) is 0 Å². The highest BCUT2D eigenvalue weighted by Crippen LogP contribution is 2.14. The molecular weight excluding hydrogens is 284 g/mol. The maximum Gasteiger partial charge on any atom is 0.191 e. The number of rotatable bonds is 6. The van der Waals surface area contributed by atoms with Crippen LogP contribution in [-0.2, 0) is 6.54 Å². The van der Waals surface area contributed by atoms with Gasteiger partial charge in [0.2, 0.25) is 0 Å². The van der Waals surface area contributed by atoms with Crippen molar-refractivity contribution in [3.05, 3.63) is 34.9 Å². The minimum Gasteiger partial charge on any atom is -0.357 e. The first-order valence-electron chi connectivity index (χ1n) is 8.93. The molecule has 2 rings (SSSR count). The van der Waals surface area contributed by atoms with Gasteiger partial charge in [0.25, 0.3) is 0 Å². The second-order valence-electron chi connectivity index (χ2n) is 6.55. The van der Waals surface area contributed by atoms with Crippen LogP contribution in [0.2, 0.25) is 0 Å². The van der Waals surface area contributed by atoms with Crippen LogP contribution in [0.1, 0.15) is 37.0 Å². The summed E-state index contributed by atoms with van der Waals surface area (Å²) in [4.78, 5) is 7.28. The molecule has 1 aromatic carbocycles. The maximum absolute atomic E-state index is 4.76. The van der Waals surface area contributed by atoms with E-state index < -0.39 is 0 Å². The molecule has 0 saturated carbocycles. The molecule has 1 aromatic rings. The number of aliphatic imine (C=N–C) groups is 1. The highest BCUT2D eigenvalue weighted by Gasteiger charge is 2.20. The molecule has 0 amide bonds. The molecule has 0 radical (unpaired) electrons. The normalized spacial score (nSPS) is 19.1. The van der Waals surface area contributed by atoms with Gasteiger partial charge in [-0.25, -0.2) is 4.99 Å². The van der Waals surface area contributed by atoms with Crippen molar-refractivity contribution in [1.82, 2.24) is 15.5 Å². The Balaban J connectivity index is 1.89. The first-order valence-corrected chi connectivity index (χ1v) is 8.93. The van der Waals surface area contributed by atoms with E-state index in [1.165, 1.54) is 36.2 Å². The molecule has 1 unspecified atom stereocenters. The van der Waals surface area contributed by atoms with Gasteiger partial charge in [-0.2, -0.15) is 0 Å². The van der Waals surface area contributed by atoms with Crippen LogP contribution >= 0.6 is 0 Å². The fourth-order valence-electron chi connectivity index (χ4n) is 3.14. The van der Waals surface area contributed by atoms with Crippen LogP contribution in [0.4, 0.5) is 0 Å². The van der Waals surface area contributed by atoms with Gasteiger partial charge >= 0.3 is 0 Å². The lowest BCUT2D eigenvalue weighted by Crippen LogP contribution is -2.40. The fourth-order valence-corrected chi connectivity index (χ4v) is 3.14. The van der Waals surface area contributed by atoms with Crippen molar-refractivity contribution in [1.29, 1.82) is 0 Å². The van der Waals surface area contributed by atoms with Crippen LogP contribution in [0.25, 0.3) is 0 Å². The number of aryl methyl sites for hydroxylation is 2. The average Bonchev–Trinajstić information content (AvgIpc) is 2.99. The molecule has 0 spiro atoms. The number of nitrogens with one attached hydrogen (secondary N) is 2. The van der Waals surface area contributed by atoms with Crippen LogP contribution < -0.4 is 10.6 Å². The minimum absolute atomic E-state index is 0.729. The first kappa shape index (κ1) is 17.8. The molecule has 1 aliphatic rings. The van der Waals surface area contributed by atoms with E-state index in [0.717, 1.165) is 38.1 Å². The van der Waals surface area contributed by atoms with Crippen LogP contribution in [0, 0.1) is 19.8 Å². The Kier molecular flexibility index (Phi) is 6.90. The molecule has 23 heavy (non-hydrogen) atoms. The van der Waals surface area contributed by atoms with E-state index in [4.69, 9.17) is 4.99 Å². The van der Waals surface area contributed by atoms with Gasteiger partial charge in [0.05, 0.1) is 6.54 Å². The third-order valence-electron chi connectivity index (χ3n) is 4.63. The lowest BCUT2D eigenvalue weighted by Gasteiger charge is -2.16. The average molecular weight is 316 g/mol. The molecule has 1 heterocycles. The van der Waals surface area contributed by atoms with E-state index in [9.17, 15) is 0 Å². The van der Waals surface area contributed by atoms with Gasteiger partial charge in [-0.1, -0.05) is 30.7 Å². The van der Waals surface area contributed by atoms with Gasteiger partial charge in [0, 0.05) is 19.6 Å². The molecule has 128 valence electrons. The van der Waals surface area contributed by atoms with Crippen molar-refractivity contribution in [2.24, 2.45) is 10.9 Å². The maximum atomic E-state index is 4.76. The Labute approximate surface area is 141 Å². The van der Waals surface area contributed by atoms with Crippen molar-refractivity contribution in [2.45, 2.75) is 40.7 Å². The lowest BCUT2D eigenvalue weighted by atomic mass is 10.1. The number of guanidine groups is 1. The second-order valence-corrected chi connectivity index (χ2v) is 6.55. The molecule has 0 bridgehead atoms. The third kappa shape index (κ3) is 5.54. The van der Waals surface area contributed by atoms with Crippen LogP contribution in [0.3, 0.4) is 0 Å². The Morgan fingerprint density at radius 2 is 2.09 bits per heavy atom. The number of benzene rings is 1. The van der Waals surface area contributed by atoms with E-state index in [0.29, 0.717) is 0 Å². The molecule has 0 aromatic heterocycles. The van der Waals surface area contributed by atoms with E-state index in [-0.39, 0.29) is 0 Å². The topological polar surface area (TPSA) is 39.7 Å². The van der Waals surface area contributed by atoms with E-state index in [1.54, 1.807) is 0 Å². The molecule has 0 aliphatic carbocycles. The van der Waals surface area contributed by atoms with Crippen LogP contribution in [-0.4, -0.2) is 43.6 Å².